The van der Waals surface area contributed by atoms with Crippen LogP contribution in [0, 0.1) is 11.6 Å². The fraction of sp³-hybridized carbons (Fsp3) is 0.250. The third-order valence-electron chi connectivity index (χ3n) is 3.57. The summed E-state index contributed by atoms with van der Waals surface area (Å²) in [7, 11) is 0. The van der Waals surface area contributed by atoms with Gasteiger partial charge in [-0.15, -0.1) is 0 Å². The highest BCUT2D eigenvalue weighted by molar-refractivity contribution is 5.46. The molecule has 0 atom stereocenters. The number of hydrogen-bond acceptors (Lipinski definition) is 1. The molecule has 1 aliphatic rings. The summed E-state index contributed by atoms with van der Waals surface area (Å²) in [5.74, 6) is -0.861. The maximum atomic E-state index is 13.5. The van der Waals surface area contributed by atoms with E-state index < -0.39 is 11.6 Å². The van der Waals surface area contributed by atoms with E-state index in [2.05, 4.69) is 17.4 Å². The van der Waals surface area contributed by atoms with Crippen LogP contribution in [0.5, 0.6) is 0 Å². The largest absolute Gasteiger partial charge is 0.379 e. The molecule has 3 heteroatoms. The highest BCUT2D eigenvalue weighted by Gasteiger charge is 2.11. The Hall–Kier alpha value is -1.90. The van der Waals surface area contributed by atoms with Crippen LogP contribution in [-0.2, 0) is 19.4 Å². The van der Waals surface area contributed by atoms with E-state index in [1.807, 2.05) is 6.07 Å². The molecule has 0 saturated heterocycles. The molecule has 0 radical (unpaired) electrons. The average Bonchev–Trinajstić information content (AvgIpc) is 2.87. The standard InChI is InChI=1S/C16H15F2N/c17-14-6-7-15(18)16(9-14)19-10-11-4-5-12-2-1-3-13(12)8-11/h4-9,19H,1-3,10H2. The molecule has 1 N–H and O–H groups in total. The summed E-state index contributed by atoms with van der Waals surface area (Å²) in [6, 6.07) is 9.79. The second kappa shape index (κ2) is 5.00. The minimum atomic E-state index is -0.433. The van der Waals surface area contributed by atoms with Crippen molar-refractivity contribution in [2.75, 3.05) is 5.32 Å². The van der Waals surface area contributed by atoms with Crippen LogP contribution in [0.1, 0.15) is 23.1 Å². The van der Waals surface area contributed by atoms with Crippen LogP contribution in [-0.4, -0.2) is 0 Å². The van der Waals surface area contributed by atoms with E-state index in [9.17, 15) is 8.78 Å². The van der Waals surface area contributed by atoms with E-state index in [1.165, 1.54) is 23.6 Å². The second-order valence-electron chi connectivity index (χ2n) is 4.93. The van der Waals surface area contributed by atoms with Crippen LogP contribution in [0.4, 0.5) is 14.5 Å². The van der Waals surface area contributed by atoms with E-state index >= 15 is 0 Å². The van der Waals surface area contributed by atoms with Crippen molar-refractivity contribution in [2.24, 2.45) is 0 Å². The molecule has 0 heterocycles. The molecule has 2 aromatic rings. The Morgan fingerprint density at radius 3 is 2.68 bits per heavy atom. The third-order valence-corrected chi connectivity index (χ3v) is 3.57. The number of fused-ring (bicyclic) bond motifs is 1. The average molecular weight is 259 g/mol. The second-order valence-corrected chi connectivity index (χ2v) is 4.93. The molecular weight excluding hydrogens is 244 g/mol. The Morgan fingerprint density at radius 2 is 1.79 bits per heavy atom. The molecule has 0 aromatic heterocycles. The molecule has 0 saturated carbocycles. The summed E-state index contributed by atoms with van der Waals surface area (Å²) in [4.78, 5) is 0. The molecule has 0 fully saturated rings. The summed E-state index contributed by atoms with van der Waals surface area (Å²) < 4.78 is 26.5. The summed E-state index contributed by atoms with van der Waals surface area (Å²) in [5.41, 5.74) is 4.12. The van der Waals surface area contributed by atoms with Crippen molar-refractivity contribution in [1.82, 2.24) is 0 Å². The van der Waals surface area contributed by atoms with E-state index in [1.54, 1.807) is 0 Å². The lowest BCUT2D eigenvalue weighted by Crippen LogP contribution is -2.02. The van der Waals surface area contributed by atoms with Crippen molar-refractivity contribution in [2.45, 2.75) is 25.8 Å². The molecular formula is C16H15F2N. The van der Waals surface area contributed by atoms with Gasteiger partial charge in [0.15, 0.2) is 0 Å². The van der Waals surface area contributed by atoms with Gasteiger partial charge in [0.2, 0.25) is 0 Å². The summed E-state index contributed by atoms with van der Waals surface area (Å²) in [6.07, 6.45) is 3.49. The number of benzene rings is 2. The molecule has 1 nitrogen and oxygen atoms in total. The van der Waals surface area contributed by atoms with Crippen LogP contribution in [0.15, 0.2) is 36.4 Å². The van der Waals surface area contributed by atoms with Gasteiger partial charge in [-0.2, -0.15) is 0 Å². The van der Waals surface area contributed by atoms with Gasteiger partial charge >= 0.3 is 0 Å². The Morgan fingerprint density at radius 1 is 0.947 bits per heavy atom. The Bertz CT molecular complexity index is 608. The molecule has 0 aliphatic heterocycles. The fourth-order valence-corrected chi connectivity index (χ4v) is 2.57. The Balaban J connectivity index is 1.74. The predicted octanol–water partition coefficient (Wildman–Crippen LogP) is 4.07. The number of hydrogen-bond donors (Lipinski definition) is 1. The summed E-state index contributed by atoms with van der Waals surface area (Å²) in [5, 5.41) is 2.95. The predicted molar refractivity (Wildman–Crippen MR) is 72.2 cm³/mol. The molecule has 3 rings (SSSR count). The Kier molecular flexibility index (Phi) is 3.20. The number of rotatable bonds is 3. The normalized spacial score (nSPS) is 13.4. The molecule has 0 unspecified atom stereocenters. The zero-order valence-corrected chi connectivity index (χ0v) is 10.5. The zero-order valence-electron chi connectivity index (χ0n) is 10.5. The van der Waals surface area contributed by atoms with Gasteiger partial charge in [-0.1, -0.05) is 18.2 Å². The van der Waals surface area contributed by atoms with Crippen molar-refractivity contribution >= 4 is 5.69 Å². The van der Waals surface area contributed by atoms with E-state index in [4.69, 9.17) is 0 Å². The maximum Gasteiger partial charge on any atom is 0.146 e. The van der Waals surface area contributed by atoms with Gasteiger partial charge in [0.25, 0.3) is 0 Å². The van der Waals surface area contributed by atoms with Crippen LogP contribution in [0.2, 0.25) is 0 Å². The number of anilines is 1. The topological polar surface area (TPSA) is 12.0 Å². The van der Waals surface area contributed by atoms with Gasteiger partial charge in [0.05, 0.1) is 5.69 Å². The third kappa shape index (κ3) is 2.60. The van der Waals surface area contributed by atoms with E-state index in [0.29, 0.717) is 6.54 Å². The van der Waals surface area contributed by atoms with Crippen LogP contribution >= 0.6 is 0 Å². The van der Waals surface area contributed by atoms with Crippen LogP contribution in [0.3, 0.4) is 0 Å². The molecule has 19 heavy (non-hydrogen) atoms. The molecule has 98 valence electrons. The van der Waals surface area contributed by atoms with Crippen molar-refractivity contribution in [3.63, 3.8) is 0 Å². The van der Waals surface area contributed by atoms with Gasteiger partial charge in [-0.05, 0) is 54.2 Å². The SMILES string of the molecule is Fc1ccc(F)c(NCc2ccc3c(c2)CCC3)c1. The smallest absolute Gasteiger partial charge is 0.146 e. The molecule has 0 amide bonds. The van der Waals surface area contributed by atoms with E-state index in [0.717, 1.165) is 30.5 Å². The van der Waals surface area contributed by atoms with Crippen molar-refractivity contribution < 1.29 is 8.78 Å². The lowest BCUT2D eigenvalue weighted by Gasteiger charge is -2.09. The Labute approximate surface area is 111 Å². The zero-order chi connectivity index (χ0) is 13.2. The first-order valence-corrected chi connectivity index (χ1v) is 6.52. The number of nitrogens with one attached hydrogen (secondary N) is 1. The highest BCUT2D eigenvalue weighted by Crippen LogP contribution is 2.23. The van der Waals surface area contributed by atoms with Gasteiger partial charge in [0.1, 0.15) is 11.6 Å². The number of aryl methyl sites for hydroxylation is 2. The number of halogens is 2. The first-order chi connectivity index (χ1) is 9.22. The minimum Gasteiger partial charge on any atom is -0.379 e. The van der Waals surface area contributed by atoms with Gasteiger partial charge in [-0.25, -0.2) is 8.78 Å². The van der Waals surface area contributed by atoms with Gasteiger partial charge < -0.3 is 5.32 Å². The molecule has 0 spiro atoms. The maximum absolute atomic E-state index is 13.5. The lowest BCUT2D eigenvalue weighted by molar-refractivity contribution is 0.602. The highest BCUT2D eigenvalue weighted by atomic mass is 19.1. The van der Waals surface area contributed by atoms with Gasteiger partial charge in [-0.3, -0.25) is 0 Å². The van der Waals surface area contributed by atoms with Crippen molar-refractivity contribution in [1.29, 1.82) is 0 Å². The molecule has 2 aromatic carbocycles. The lowest BCUT2D eigenvalue weighted by atomic mass is 10.1. The fourth-order valence-electron chi connectivity index (χ4n) is 2.57. The molecule has 0 bridgehead atoms. The van der Waals surface area contributed by atoms with Gasteiger partial charge in [0, 0.05) is 6.54 Å². The van der Waals surface area contributed by atoms with Crippen LogP contribution < -0.4 is 5.32 Å². The quantitative estimate of drug-likeness (QED) is 0.876. The van der Waals surface area contributed by atoms with Crippen molar-refractivity contribution in [3.05, 3.63) is 64.7 Å². The van der Waals surface area contributed by atoms with Crippen molar-refractivity contribution in [3.8, 4) is 0 Å². The minimum absolute atomic E-state index is 0.209. The first kappa shape index (κ1) is 12.2. The first-order valence-electron chi connectivity index (χ1n) is 6.52. The van der Waals surface area contributed by atoms with E-state index in [-0.39, 0.29) is 5.69 Å². The summed E-state index contributed by atoms with van der Waals surface area (Å²) in [6.45, 7) is 0.508. The summed E-state index contributed by atoms with van der Waals surface area (Å²) >= 11 is 0. The molecule has 1 aliphatic carbocycles. The van der Waals surface area contributed by atoms with Crippen LogP contribution in [0.25, 0.3) is 0 Å². The monoisotopic (exact) mass is 259 g/mol.